The van der Waals surface area contributed by atoms with E-state index >= 15 is 0 Å². The number of nitrogens with zero attached hydrogens (tertiary/aromatic N) is 1. The smallest absolute Gasteiger partial charge is 0.317 e. The maximum absolute atomic E-state index is 12.2. The first-order valence-electron chi connectivity index (χ1n) is 8.11. The van der Waals surface area contributed by atoms with Gasteiger partial charge in [-0.2, -0.15) is 0 Å². The molecule has 2 N–H and O–H groups in total. The van der Waals surface area contributed by atoms with Crippen LogP contribution < -0.4 is 5.32 Å². The fraction of sp³-hybridized carbons (Fsp3) is 0.500. The Morgan fingerprint density at radius 1 is 1.45 bits per heavy atom. The van der Waals surface area contributed by atoms with Crippen molar-refractivity contribution in [1.82, 2.24) is 10.2 Å². The number of rotatable bonds is 6. The van der Waals surface area contributed by atoms with Crippen LogP contribution >= 0.6 is 0 Å². The van der Waals surface area contributed by atoms with Gasteiger partial charge in [-0.15, -0.1) is 0 Å². The van der Waals surface area contributed by atoms with Gasteiger partial charge in [0.1, 0.15) is 0 Å². The van der Waals surface area contributed by atoms with Crippen LogP contribution in [0.2, 0.25) is 0 Å². The minimum Gasteiger partial charge on any atom is -0.388 e. The number of allylic oxidation sites excluding steroid dienone is 1. The van der Waals surface area contributed by atoms with E-state index in [4.69, 9.17) is 0 Å². The van der Waals surface area contributed by atoms with E-state index in [0.29, 0.717) is 13.0 Å². The summed E-state index contributed by atoms with van der Waals surface area (Å²) in [5.41, 5.74) is 0.919. The van der Waals surface area contributed by atoms with Crippen LogP contribution in [0.15, 0.2) is 42.5 Å². The molecule has 1 aliphatic rings. The van der Waals surface area contributed by atoms with Crippen molar-refractivity contribution in [3.63, 3.8) is 0 Å². The molecule has 0 spiro atoms. The molecule has 0 aromatic heterocycles. The highest BCUT2D eigenvalue weighted by Crippen LogP contribution is 2.27. The Morgan fingerprint density at radius 3 is 2.95 bits per heavy atom. The van der Waals surface area contributed by atoms with Crippen LogP contribution in [0.25, 0.3) is 0 Å². The predicted molar refractivity (Wildman–Crippen MR) is 88.6 cm³/mol. The third-order valence-corrected chi connectivity index (χ3v) is 4.14. The lowest BCUT2D eigenvalue weighted by Crippen LogP contribution is -2.43. The quantitative estimate of drug-likeness (QED) is 0.626. The maximum atomic E-state index is 12.2. The Bertz CT molecular complexity index is 487. The number of nitrogens with one attached hydrogen (secondary N) is 1. The molecule has 2 atom stereocenters. The van der Waals surface area contributed by atoms with Crippen LogP contribution in [0, 0.1) is 0 Å². The maximum Gasteiger partial charge on any atom is 0.317 e. The van der Waals surface area contributed by atoms with Gasteiger partial charge in [-0.3, -0.25) is 0 Å². The summed E-state index contributed by atoms with van der Waals surface area (Å²) in [7, 11) is 0. The lowest BCUT2D eigenvalue weighted by atomic mass is 10.0. The van der Waals surface area contributed by atoms with Crippen LogP contribution in [0.4, 0.5) is 4.79 Å². The van der Waals surface area contributed by atoms with Crippen molar-refractivity contribution >= 4 is 6.03 Å². The summed E-state index contributed by atoms with van der Waals surface area (Å²) in [6.07, 6.45) is 6.95. The van der Waals surface area contributed by atoms with E-state index in [2.05, 4.69) is 5.32 Å². The van der Waals surface area contributed by atoms with E-state index < -0.39 is 6.10 Å². The molecule has 2 unspecified atom stereocenters. The molecule has 120 valence electrons. The predicted octanol–water partition coefficient (Wildman–Crippen LogP) is 3.25. The molecule has 1 heterocycles. The van der Waals surface area contributed by atoms with Crippen molar-refractivity contribution in [2.45, 2.75) is 44.8 Å². The second kappa shape index (κ2) is 8.59. The van der Waals surface area contributed by atoms with Gasteiger partial charge in [0, 0.05) is 19.1 Å². The topological polar surface area (TPSA) is 52.6 Å². The van der Waals surface area contributed by atoms with Gasteiger partial charge in [0.15, 0.2) is 0 Å². The number of hydrogen-bond acceptors (Lipinski definition) is 2. The van der Waals surface area contributed by atoms with Crippen LogP contribution in [-0.2, 0) is 0 Å². The molecule has 4 heteroatoms. The molecular formula is C18H26N2O2. The summed E-state index contributed by atoms with van der Waals surface area (Å²) in [4.78, 5) is 14.1. The Balaban J connectivity index is 1.86. The molecule has 1 aromatic carbocycles. The molecule has 0 saturated carbocycles. The summed E-state index contributed by atoms with van der Waals surface area (Å²) in [6, 6.07) is 9.78. The first-order chi connectivity index (χ1) is 10.7. The van der Waals surface area contributed by atoms with E-state index in [1.165, 1.54) is 0 Å². The highest BCUT2D eigenvalue weighted by molar-refractivity contribution is 5.74. The molecule has 2 amide bonds. The van der Waals surface area contributed by atoms with Crippen molar-refractivity contribution < 1.29 is 9.90 Å². The lowest BCUT2D eigenvalue weighted by Gasteiger charge is -2.27. The number of carbonyl (C=O) groups is 1. The summed E-state index contributed by atoms with van der Waals surface area (Å²) in [5, 5.41) is 13.3. The zero-order chi connectivity index (χ0) is 15.8. The molecule has 1 fully saturated rings. The van der Waals surface area contributed by atoms with Crippen molar-refractivity contribution in [1.29, 1.82) is 0 Å². The molecule has 1 aromatic rings. The van der Waals surface area contributed by atoms with Crippen molar-refractivity contribution in [2.24, 2.45) is 0 Å². The minimum atomic E-state index is -0.511. The third kappa shape index (κ3) is 4.60. The van der Waals surface area contributed by atoms with Crippen LogP contribution in [0.3, 0.4) is 0 Å². The first-order valence-corrected chi connectivity index (χ1v) is 8.11. The van der Waals surface area contributed by atoms with E-state index in [-0.39, 0.29) is 12.1 Å². The third-order valence-electron chi connectivity index (χ3n) is 4.14. The highest BCUT2D eigenvalue weighted by atomic mass is 16.3. The standard InChI is InChI=1S/C18H26N2O2/c1-2-3-7-12-19-18(22)20-13-8-11-16(20)14-17(21)15-9-5-4-6-10-15/h2-6,9-10,16-17,21H,7-8,11-14H2,1H3,(H,19,22). The van der Waals surface area contributed by atoms with Gasteiger partial charge in [0.05, 0.1) is 6.10 Å². The largest absolute Gasteiger partial charge is 0.388 e. The van der Waals surface area contributed by atoms with Crippen LogP contribution in [0.5, 0.6) is 0 Å². The molecular weight excluding hydrogens is 276 g/mol. The fourth-order valence-electron chi connectivity index (χ4n) is 2.95. The van der Waals surface area contributed by atoms with Crippen molar-refractivity contribution in [2.75, 3.05) is 13.1 Å². The SMILES string of the molecule is CC=CCCNC(=O)N1CCCC1CC(O)c1ccccc1. The van der Waals surface area contributed by atoms with E-state index in [9.17, 15) is 9.90 Å². The fourth-order valence-corrected chi connectivity index (χ4v) is 2.95. The van der Waals surface area contributed by atoms with Gasteiger partial charge in [-0.05, 0) is 38.2 Å². The van der Waals surface area contributed by atoms with Gasteiger partial charge >= 0.3 is 6.03 Å². The number of benzene rings is 1. The molecule has 0 aliphatic carbocycles. The average Bonchev–Trinajstić information content (AvgIpc) is 3.00. The van der Waals surface area contributed by atoms with E-state index in [0.717, 1.165) is 31.4 Å². The van der Waals surface area contributed by atoms with Gasteiger partial charge in [0.2, 0.25) is 0 Å². The highest BCUT2D eigenvalue weighted by Gasteiger charge is 2.30. The molecule has 22 heavy (non-hydrogen) atoms. The van der Waals surface area contributed by atoms with Gasteiger partial charge < -0.3 is 15.3 Å². The Kier molecular flexibility index (Phi) is 6.46. The van der Waals surface area contributed by atoms with Crippen molar-refractivity contribution in [3.8, 4) is 0 Å². The van der Waals surface area contributed by atoms with Gasteiger partial charge in [-0.1, -0.05) is 42.5 Å². The summed E-state index contributed by atoms with van der Waals surface area (Å²) < 4.78 is 0. The number of amides is 2. The Labute approximate surface area is 132 Å². The normalized spacial score (nSPS) is 19.5. The van der Waals surface area contributed by atoms with E-state index in [1.54, 1.807) is 0 Å². The zero-order valence-corrected chi connectivity index (χ0v) is 13.2. The number of likely N-dealkylation sites (tertiary alicyclic amines) is 1. The Morgan fingerprint density at radius 2 is 2.23 bits per heavy atom. The van der Waals surface area contributed by atoms with Crippen LogP contribution in [0.1, 0.15) is 44.3 Å². The number of carbonyl (C=O) groups excluding carboxylic acids is 1. The Hall–Kier alpha value is -1.81. The first kappa shape index (κ1) is 16.6. The van der Waals surface area contributed by atoms with Crippen LogP contribution in [-0.4, -0.2) is 35.2 Å². The number of aliphatic hydroxyl groups is 1. The number of urea groups is 1. The number of hydrogen-bond donors (Lipinski definition) is 2. The number of aliphatic hydroxyl groups excluding tert-OH is 1. The summed E-state index contributed by atoms with van der Waals surface area (Å²) in [5.74, 6) is 0. The lowest BCUT2D eigenvalue weighted by molar-refractivity contribution is 0.126. The zero-order valence-electron chi connectivity index (χ0n) is 13.2. The van der Waals surface area contributed by atoms with Crippen molar-refractivity contribution in [3.05, 3.63) is 48.0 Å². The monoisotopic (exact) mass is 302 g/mol. The second-order valence-corrected chi connectivity index (χ2v) is 5.74. The molecule has 0 bridgehead atoms. The van der Waals surface area contributed by atoms with E-state index in [1.807, 2.05) is 54.3 Å². The molecule has 2 rings (SSSR count). The summed E-state index contributed by atoms with van der Waals surface area (Å²) in [6.45, 7) is 3.42. The molecule has 1 saturated heterocycles. The summed E-state index contributed by atoms with van der Waals surface area (Å²) >= 11 is 0. The second-order valence-electron chi connectivity index (χ2n) is 5.74. The minimum absolute atomic E-state index is 0.00716. The molecule has 4 nitrogen and oxygen atoms in total. The van der Waals surface area contributed by atoms with Gasteiger partial charge in [0.25, 0.3) is 0 Å². The molecule has 1 aliphatic heterocycles. The molecule has 0 radical (unpaired) electrons. The van der Waals surface area contributed by atoms with Gasteiger partial charge in [-0.25, -0.2) is 4.79 Å². The average molecular weight is 302 g/mol.